The summed E-state index contributed by atoms with van der Waals surface area (Å²) in [5, 5.41) is -0.157. The van der Waals surface area contributed by atoms with E-state index in [0.29, 0.717) is 0 Å². The van der Waals surface area contributed by atoms with E-state index in [1.807, 2.05) is 18.2 Å². The van der Waals surface area contributed by atoms with Crippen LogP contribution in [0.4, 0.5) is 0 Å². The molecule has 15 heavy (non-hydrogen) atoms. The first kappa shape index (κ1) is 10.5. The van der Waals surface area contributed by atoms with Gasteiger partial charge in [-0.05, 0) is 36.1 Å². The van der Waals surface area contributed by atoms with Crippen molar-refractivity contribution in [3.63, 3.8) is 0 Å². The van der Waals surface area contributed by atoms with Crippen LogP contribution in [0, 0.1) is 5.92 Å². The maximum atomic E-state index is 9.97. The van der Waals surface area contributed by atoms with Crippen LogP contribution in [-0.4, -0.2) is 11.8 Å². The molecule has 0 atom stereocenters. The molecule has 1 aliphatic carbocycles. The van der Waals surface area contributed by atoms with Crippen LogP contribution in [0.1, 0.15) is 18.4 Å². The molecular formula is C12H13ClO2. The normalized spacial score (nSPS) is 17.1. The zero-order valence-electron chi connectivity index (χ0n) is 8.41. The fourth-order valence-electron chi connectivity index (χ4n) is 1.43. The van der Waals surface area contributed by atoms with Gasteiger partial charge in [0.15, 0.2) is 0 Å². The molecule has 0 N–H and O–H groups in total. The van der Waals surface area contributed by atoms with Crippen LogP contribution < -0.4 is 4.74 Å². The number of ether oxygens (including phenoxy) is 1. The Hall–Kier alpha value is -1.02. The zero-order chi connectivity index (χ0) is 10.7. The molecule has 1 fully saturated rings. The minimum Gasteiger partial charge on any atom is -0.493 e. The highest BCUT2D eigenvalue weighted by molar-refractivity contribution is 6.64. The fraction of sp³-hybridized carbons (Fsp3) is 0.417. The molecule has 1 heterocycles. The summed E-state index contributed by atoms with van der Waals surface area (Å²) in [5.41, 5.74) is 1.34. The summed E-state index contributed by atoms with van der Waals surface area (Å²) in [6, 6.07) is 8.18. The van der Waals surface area contributed by atoms with E-state index in [1.54, 1.807) is 0 Å². The van der Waals surface area contributed by atoms with Crippen molar-refractivity contribution in [2.75, 3.05) is 6.61 Å². The molecule has 1 aromatic carbocycles. The molecule has 1 saturated carbocycles. The topological polar surface area (TPSA) is 26.3 Å². The number of fused-ring (bicyclic) bond motifs is 1. The molecule has 80 valence electrons. The molecule has 0 amide bonds. The lowest BCUT2D eigenvalue weighted by Gasteiger charge is -1.93. The zero-order valence-corrected chi connectivity index (χ0v) is 9.17. The van der Waals surface area contributed by atoms with Gasteiger partial charge in [0.1, 0.15) is 5.75 Å². The summed E-state index contributed by atoms with van der Waals surface area (Å²) in [5.74, 6) is 1.30. The number of hydrogen-bond acceptors (Lipinski definition) is 2. The molecule has 3 heteroatoms. The molecule has 1 aromatic rings. The second kappa shape index (κ2) is 4.67. The molecular weight excluding hydrogens is 212 g/mol. The molecule has 1 aliphatic heterocycles. The summed E-state index contributed by atoms with van der Waals surface area (Å²) in [4.78, 5) is 9.97. The Labute approximate surface area is 94.2 Å². The fourth-order valence-corrected chi connectivity index (χ4v) is 1.65. The number of para-hydroxylation sites is 1. The Balaban J connectivity index is 0.000000124. The maximum absolute atomic E-state index is 9.97. The third-order valence-electron chi connectivity index (χ3n) is 2.50. The van der Waals surface area contributed by atoms with Gasteiger partial charge in [0.05, 0.1) is 6.61 Å². The SMILES string of the molecule is O=C(Cl)C1CC1.c1ccc2c(c1)CCO2. The van der Waals surface area contributed by atoms with Crippen molar-refractivity contribution in [1.29, 1.82) is 0 Å². The van der Waals surface area contributed by atoms with Crippen LogP contribution >= 0.6 is 11.6 Å². The van der Waals surface area contributed by atoms with Crippen molar-refractivity contribution in [1.82, 2.24) is 0 Å². The van der Waals surface area contributed by atoms with Crippen molar-refractivity contribution in [2.45, 2.75) is 19.3 Å². The quantitative estimate of drug-likeness (QED) is 0.686. The standard InChI is InChI=1S/C8H8O.C4H5ClO/c1-2-4-8-7(3-1)5-6-9-8;5-4(6)3-1-2-3/h1-4H,5-6H2;3H,1-2H2. The highest BCUT2D eigenvalue weighted by Crippen LogP contribution is 2.30. The Morgan fingerprint density at radius 3 is 2.60 bits per heavy atom. The first-order valence-electron chi connectivity index (χ1n) is 5.17. The van der Waals surface area contributed by atoms with Gasteiger partial charge in [-0.2, -0.15) is 0 Å². The van der Waals surface area contributed by atoms with E-state index >= 15 is 0 Å². The Morgan fingerprint density at radius 2 is 2.07 bits per heavy atom. The first-order valence-corrected chi connectivity index (χ1v) is 5.55. The van der Waals surface area contributed by atoms with E-state index in [-0.39, 0.29) is 11.2 Å². The highest BCUT2D eigenvalue weighted by Gasteiger charge is 2.27. The van der Waals surface area contributed by atoms with E-state index < -0.39 is 0 Å². The Bertz CT molecular complexity index is 335. The van der Waals surface area contributed by atoms with Crippen molar-refractivity contribution in [2.24, 2.45) is 5.92 Å². The van der Waals surface area contributed by atoms with Gasteiger partial charge >= 0.3 is 0 Å². The minimum absolute atomic E-state index is 0.157. The molecule has 0 saturated heterocycles. The molecule has 0 aromatic heterocycles. The average molecular weight is 225 g/mol. The third kappa shape index (κ3) is 2.96. The predicted octanol–water partition coefficient (Wildman–Crippen LogP) is 2.78. The van der Waals surface area contributed by atoms with Gasteiger partial charge in [0.25, 0.3) is 0 Å². The molecule has 3 rings (SSSR count). The summed E-state index contributed by atoms with van der Waals surface area (Å²) in [7, 11) is 0. The highest BCUT2D eigenvalue weighted by atomic mass is 35.5. The number of halogens is 1. The smallest absolute Gasteiger partial charge is 0.224 e. The second-order valence-electron chi connectivity index (χ2n) is 3.78. The number of hydrogen-bond donors (Lipinski definition) is 0. The minimum atomic E-state index is -0.157. The van der Waals surface area contributed by atoms with Crippen molar-refractivity contribution in [3.05, 3.63) is 29.8 Å². The van der Waals surface area contributed by atoms with Gasteiger partial charge in [-0.3, -0.25) is 4.79 Å². The molecule has 0 unspecified atom stereocenters. The van der Waals surface area contributed by atoms with Gasteiger partial charge in [0.2, 0.25) is 5.24 Å². The number of rotatable bonds is 1. The van der Waals surface area contributed by atoms with Crippen LogP contribution in [0.25, 0.3) is 0 Å². The molecule has 2 nitrogen and oxygen atoms in total. The number of carbonyl (C=O) groups excluding carboxylic acids is 1. The largest absolute Gasteiger partial charge is 0.493 e. The average Bonchev–Trinajstić information content (AvgIpc) is 2.98. The Kier molecular flexibility index (Phi) is 3.27. The van der Waals surface area contributed by atoms with Crippen LogP contribution in [0.15, 0.2) is 24.3 Å². The van der Waals surface area contributed by atoms with E-state index in [0.717, 1.165) is 31.6 Å². The van der Waals surface area contributed by atoms with Crippen LogP contribution in [0.2, 0.25) is 0 Å². The lowest BCUT2D eigenvalue weighted by Crippen LogP contribution is -1.85. The van der Waals surface area contributed by atoms with Crippen molar-refractivity contribution >= 4 is 16.8 Å². The predicted molar refractivity (Wildman–Crippen MR) is 59.2 cm³/mol. The van der Waals surface area contributed by atoms with Crippen LogP contribution in [-0.2, 0) is 11.2 Å². The van der Waals surface area contributed by atoms with E-state index in [2.05, 4.69) is 6.07 Å². The third-order valence-corrected chi connectivity index (χ3v) is 2.81. The van der Waals surface area contributed by atoms with Crippen molar-refractivity contribution in [3.8, 4) is 5.75 Å². The molecule has 0 bridgehead atoms. The lowest BCUT2D eigenvalue weighted by molar-refractivity contribution is -0.112. The number of carbonyl (C=O) groups is 1. The maximum Gasteiger partial charge on any atom is 0.224 e. The molecule has 0 spiro atoms. The van der Waals surface area contributed by atoms with Crippen LogP contribution in [0.3, 0.4) is 0 Å². The van der Waals surface area contributed by atoms with Gasteiger partial charge < -0.3 is 4.74 Å². The van der Waals surface area contributed by atoms with E-state index in [1.165, 1.54) is 5.56 Å². The number of benzene rings is 1. The van der Waals surface area contributed by atoms with Gasteiger partial charge in [0, 0.05) is 12.3 Å². The van der Waals surface area contributed by atoms with Crippen LogP contribution in [0.5, 0.6) is 5.75 Å². The van der Waals surface area contributed by atoms with Crippen molar-refractivity contribution < 1.29 is 9.53 Å². The summed E-state index contributed by atoms with van der Waals surface area (Å²) in [6.45, 7) is 0.860. The lowest BCUT2D eigenvalue weighted by atomic mass is 10.2. The molecule has 0 radical (unpaired) electrons. The Morgan fingerprint density at radius 1 is 1.33 bits per heavy atom. The summed E-state index contributed by atoms with van der Waals surface area (Å²) >= 11 is 5.04. The van der Waals surface area contributed by atoms with E-state index in [4.69, 9.17) is 16.3 Å². The van der Waals surface area contributed by atoms with Gasteiger partial charge in [-0.25, -0.2) is 0 Å². The van der Waals surface area contributed by atoms with E-state index in [9.17, 15) is 4.79 Å². The monoisotopic (exact) mass is 224 g/mol. The van der Waals surface area contributed by atoms with Gasteiger partial charge in [-0.15, -0.1) is 0 Å². The second-order valence-corrected chi connectivity index (χ2v) is 4.16. The van der Waals surface area contributed by atoms with Gasteiger partial charge in [-0.1, -0.05) is 18.2 Å². The molecule has 2 aliphatic rings. The first-order chi connectivity index (χ1) is 7.27. The summed E-state index contributed by atoms with van der Waals surface area (Å²) < 4.78 is 5.30. The summed E-state index contributed by atoms with van der Waals surface area (Å²) in [6.07, 6.45) is 3.11.